The maximum Gasteiger partial charge on any atom is 0.219 e. The van der Waals surface area contributed by atoms with E-state index in [1.807, 2.05) is 24.3 Å². The number of carbonyl (C=O) groups is 2. The van der Waals surface area contributed by atoms with Gasteiger partial charge in [0.1, 0.15) is 73.2 Å². The molecule has 0 saturated carbocycles. The molecule has 1 aromatic rings. The Morgan fingerprint density at radius 3 is 1.37 bits per heavy atom. The van der Waals surface area contributed by atoms with Gasteiger partial charge in [-0.25, -0.2) is 0 Å². The topological polar surface area (TPSA) is 258 Å². The van der Waals surface area contributed by atoms with Crippen LogP contribution >= 0.6 is 0 Å². The van der Waals surface area contributed by atoms with Crippen molar-refractivity contribution in [3.8, 4) is 0 Å². The van der Waals surface area contributed by atoms with Gasteiger partial charge in [-0.1, -0.05) is 24.3 Å². The van der Waals surface area contributed by atoms with Crippen molar-refractivity contribution in [1.82, 2.24) is 9.80 Å². The van der Waals surface area contributed by atoms with Crippen LogP contribution in [0.4, 0.5) is 0 Å². The Morgan fingerprint density at radius 1 is 0.539 bits per heavy atom. The van der Waals surface area contributed by atoms with Gasteiger partial charge in [0.25, 0.3) is 0 Å². The minimum Gasteiger partial charge on any atom is -0.396 e. The van der Waals surface area contributed by atoms with Gasteiger partial charge in [-0.05, 0) is 24.0 Å². The van der Waals surface area contributed by atoms with E-state index < -0.39 is 110 Å². The van der Waals surface area contributed by atoms with Gasteiger partial charge in [0, 0.05) is 152 Å². The Kier molecular flexibility index (Phi) is 31.9. The summed E-state index contributed by atoms with van der Waals surface area (Å²) in [6.07, 6.45) is -13.2. The fourth-order valence-electron chi connectivity index (χ4n) is 10.3. The quantitative estimate of drug-likeness (QED) is 0.0812. The van der Waals surface area contributed by atoms with E-state index >= 15 is 0 Å². The van der Waals surface area contributed by atoms with E-state index in [2.05, 4.69) is 0 Å². The average molecular weight is 1100 g/mol. The molecule has 2 amide bonds. The molecule has 0 aromatic heterocycles. The van der Waals surface area contributed by atoms with Crippen LogP contribution in [0.2, 0.25) is 0 Å². The van der Waals surface area contributed by atoms with Crippen molar-refractivity contribution < 1.29 is 105 Å². The van der Waals surface area contributed by atoms with Crippen molar-refractivity contribution in [2.75, 3.05) is 139 Å². The first-order valence-electron chi connectivity index (χ1n) is 25.5. The van der Waals surface area contributed by atoms with Crippen LogP contribution in [0.25, 0.3) is 0 Å². The van der Waals surface area contributed by atoms with Crippen LogP contribution in [0, 0.1) is 5.92 Å². The Bertz CT molecular complexity index is 1620. The SMILES string of the molecule is COCC1O[C@H](O[C@@H](C(OC)C(CN(Cc2cccc(CN(C[C@@H](OC)[C@H](OC)[C@H](O[C@H]3OC(CCO)[C@@H](OC)[C@@H](OC)C3OC)C(CCO)OC)C(C)=O)c2)C(C)=O)OC)[C@@H](CO)COC)C(OC)C(OC)[C@@H]1OC. The molecule has 3 N–H and O–H groups in total. The van der Waals surface area contributed by atoms with Crippen molar-refractivity contribution >= 4 is 11.8 Å². The summed E-state index contributed by atoms with van der Waals surface area (Å²) in [5, 5.41) is 30.8. The van der Waals surface area contributed by atoms with Gasteiger partial charge in [-0.15, -0.1) is 0 Å². The standard InChI is InChI=1S/C52H92N2O22/c1-31(58)53(26-38(63-6)43(66-9)41(35(28-57)29-60-3)75-52-50(72-15)48(70-13)45(68-11)40(74-52)30-61-4)24-33-17-16-18-34(23-33)25-54(32(2)59)27-39(64-7)44(67-10)46(36(62-5)19-21-55)76-51-49(71-14)47(69-12)42(65-8)37(73-51)20-22-56/h16-18,23,35-52,55-57H,19-22,24-30H2,1-15H3/t35-,36?,37?,38?,39+,40?,41+,42+,43?,44-,45+,46+,47+,48?,49?,50?,51+,52+/m0/s1. The summed E-state index contributed by atoms with van der Waals surface area (Å²) >= 11 is 0. The molecule has 2 fully saturated rings. The smallest absolute Gasteiger partial charge is 0.219 e. The van der Waals surface area contributed by atoms with Crippen LogP contribution in [0.15, 0.2) is 24.3 Å². The molecule has 2 heterocycles. The lowest BCUT2D eigenvalue weighted by molar-refractivity contribution is -0.335. The summed E-state index contributed by atoms with van der Waals surface area (Å²) in [4.78, 5) is 30.3. The first-order chi connectivity index (χ1) is 36.7. The van der Waals surface area contributed by atoms with Crippen LogP contribution < -0.4 is 0 Å². The van der Waals surface area contributed by atoms with Gasteiger partial charge in [0.15, 0.2) is 12.6 Å². The first-order valence-corrected chi connectivity index (χ1v) is 25.5. The predicted octanol–water partition coefficient (Wildman–Crippen LogP) is 0.435. The number of aliphatic hydroxyl groups excluding tert-OH is 3. The molecule has 0 radical (unpaired) electrons. The largest absolute Gasteiger partial charge is 0.396 e. The molecule has 76 heavy (non-hydrogen) atoms. The van der Waals surface area contributed by atoms with Crippen molar-refractivity contribution in [1.29, 1.82) is 0 Å². The molecule has 0 aliphatic carbocycles. The van der Waals surface area contributed by atoms with Gasteiger partial charge in [0.2, 0.25) is 11.8 Å². The lowest BCUT2D eigenvalue weighted by Crippen LogP contribution is -2.63. The summed E-state index contributed by atoms with van der Waals surface area (Å²) in [5.41, 5.74) is 1.51. The van der Waals surface area contributed by atoms with E-state index in [0.29, 0.717) is 0 Å². The third-order valence-corrected chi connectivity index (χ3v) is 14.3. The summed E-state index contributed by atoms with van der Waals surface area (Å²) < 4.78 is 103. The highest BCUT2D eigenvalue weighted by Gasteiger charge is 2.52. The molecule has 442 valence electrons. The molecule has 0 spiro atoms. The number of methoxy groups -OCH3 is 13. The van der Waals surface area contributed by atoms with Crippen molar-refractivity contribution in [2.24, 2.45) is 5.92 Å². The van der Waals surface area contributed by atoms with E-state index in [4.69, 9.17) is 80.5 Å². The second-order valence-corrected chi connectivity index (χ2v) is 18.7. The highest BCUT2D eigenvalue weighted by atomic mass is 16.7. The molecule has 1 aromatic carbocycles. The molecule has 2 saturated heterocycles. The molecular formula is C52H92N2O22. The fourth-order valence-corrected chi connectivity index (χ4v) is 10.3. The van der Waals surface area contributed by atoms with Gasteiger partial charge in [-0.2, -0.15) is 0 Å². The number of benzene rings is 1. The third-order valence-electron chi connectivity index (χ3n) is 14.3. The lowest BCUT2D eigenvalue weighted by atomic mass is 9.93. The number of ether oxygens (including phenoxy) is 17. The van der Waals surface area contributed by atoms with Gasteiger partial charge < -0.3 is 106 Å². The summed E-state index contributed by atoms with van der Waals surface area (Å²) in [5.74, 6) is -1.19. The molecule has 18 atom stereocenters. The third kappa shape index (κ3) is 18.2. The van der Waals surface area contributed by atoms with Crippen LogP contribution in [-0.4, -0.2) is 280 Å². The minimum atomic E-state index is -1.08. The molecule has 0 bridgehead atoms. The lowest BCUT2D eigenvalue weighted by Gasteiger charge is -2.47. The zero-order chi connectivity index (χ0) is 56.5. The zero-order valence-electron chi connectivity index (χ0n) is 47.5. The van der Waals surface area contributed by atoms with Crippen LogP contribution in [0.5, 0.6) is 0 Å². The monoisotopic (exact) mass is 1100 g/mol. The number of carbonyl (C=O) groups excluding carboxylic acids is 2. The zero-order valence-corrected chi connectivity index (χ0v) is 47.5. The van der Waals surface area contributed by atoms with Crippen LogP contribution in [-0.2, 0) is 103 Å². The highest BCUT2D eigenvalue weighted by Crippen LogP contribution is 2.34. The van der Waals surface area contributed by atoms with Crippen molar-refractivity contribution in [3.63, 3.8) is 0 Å². The number of nitrogens with zero attached hydrogens (tertiary/aromatic N) is 2. The summed E-state index contributed by atoms with van der Waals surface area (Å²) in [7, 11) is 19.6. The molecule has 3 rings (SSSR count). The number of rotatable bonds is 38. The van der Waals surface area contributed by atoms with Gasteiger partial charge in [-0.3, -0.25) is 9.59 Å². The Balaban J connectivity index is 1.94. The Labute approximate surface area is 449 Å². The van der Waals surface area contributed by atoms with Gasteiger partial charge in [0.05, 0.1) is 38.1 Å². The normalized spacial score (nSPS) is 27.2. The maximum atomic E-state index is 13.5. The minimum absolute atomic E-state index is 0.0284. The second-order valence-electron chi connectivity index (χ2n) is 18.7. The molecular weight excluding hydrogens is 1000 g/mol. The first kappa shape index (κ1) is 67.6. The number of hydrogen-bond acceptors (Lipinski definition) is 22. The molecule has 24 nitrogen and oxygen atoms in total. The maximum absolute atomic E-state index is 13.5. The predicted molar refractivity (Wildman–Crippen MR) is 272 cm³/mol. The fraction of sp³-hybridized carbons (Fsp3) is 0.846. The number of amides is 2. The van der Waals surface area contributed by atoms with E-state index in [0.717, 1.165) is 11.1 Å². The second kappa shape index (κ2) is 35.9. The number of hydrogen-bond donors (Lipinski definition) is 3. The van der Waals surface area contributed by atoms with Crippen molar-refractivity contribution in [3.05, 3.63) is 35.4 Å². The highest BCUT2D eigenvalue weighted by molar-refractivity contribution is 5.73. The molecule has 8 unspecified atom stereocenters. The van der Waals surface area contributed by atoms with E-state index in [9.17, 15) is 24.9 Å². The summed E-state index contributed by atoms with van der Waals surface area (Å²) in [6.45, 7) is 2.68. The average Bonchev–Trinajstić information content (AvgIpc) is 3.41. The van der Waals surface area contributed by atoms with Gasteiger partial charge >= 0.3 is 0 Å². The molecule has 24 heteroatoms. The van der Waals surface area contributed by atoms with E-state index in [-0.39, 0.29) is 83.9 Å². The Hall–Kier alpha value is -2.64. The van der Waals surface area contributed by atoms with Crippen molar-refractivity contribution in [2.45, 2.75) is 144 Å². The number of aliphatic hydroxyl groups is 3. The van der Waals surface area contributed by atoms with Crippen LogP contribution in [0.1, 0.15) is 37.8 Å². The summed E-state index contributed by atoms with van der Waals surface area (Å²) in [6, 6.07) is 7.51. The van der Waals surface area contributed by atoms with E-state index in [1.54, 1.807) is 24.0 Å². The van der Waals surface area contributed by atoms with Crippen LogP contribution in [0.3, 0.4) is 0 Å². The molecule has 2 aliphatic rings. The Morgan fingerprint density at radius 2 is 0.987 bits per heavy atom. The van der Waals surface area contributed by atoms with E-state index in [1.165, 1.54) is 92.1 Å². The molecule has 2 aliphatic heterocycles.